The van der Waals surface area contributed by atoms with Crippen LogP contribution < -0.4 is 10.1 Å². The highest BCUT2D eigenvalue weighted by Gasteiger charge is 2.60. The average molecular weight is 495 g/mol. The van der Waals surface area contributed by atoms with Crippen LogP contribution >= 0.6 is 0 Å². The van der Waals surface area contributed by atoms with Crippen LogP contribution in [0.25, 0.3) is 0 Å². The van der Waals surface area contributed by atoms with Crippen LogP contribution in [-0.2, 0) is 19.1 Å². The second kappa shape index (κ2) is 10.6. The van der Waals surface area contributed by atoms with E-state index in [1.54, 1.807) is 0 Å². The number of hydrogen-bond acceptors (Lipinski definition) is 7. The number of cyclic esters (lactones) is 1. The minimum atomic E-state index is -3.33. The van der Waals surface area contributed by atoms with Crippen LogP contribution in [0.1, 0.15) is 72.4 Å². The predicted molar refractivity (Wildman–Crippen MR) is 126 cm³/mol. The largest absolute Gasteiger partial charge is 0.497 e. The molecule has 1 aliphatic heterocycles. The molecule has 1 saturated heterocycles. The smallest absolute Gasteiger partial charge is 0.417 e. The van der Waals surface area contributed by atoms with E-state index in [1.165, 1.54) is 45.2 Å². The number of alkyl carbamates (subject to hydrolysis) is 1. The summed E-state index contributed by atoms with van der Waals surface area (Å²) in [6, 6.07) is 4.06. The molecule has 1 aromatic carbocycles. The van der Waals surface area contributed by atoms with E-state index >= 15 is 4.39 Å². The molecular formula is C25H35FN2O7. The van der Waals surface area contributed by atoms with Crippen molar-refractivity contribution in [2.45, 2.75) is 83.7 Å². The Morgan fingerprint density at radius 1 is 1.14 bits per heavy atom. The van der Waals surface area contributed by atoms with Gasteiger partial charge in [0.2, 0.25) is 0 Å². The molecule has 35 heavy (non-hydrogen) atoms. The van der Waals surface area contributed by atoms with Gasteiger partial charge in [0, 0.05) is 0 Å². The van der Waals surface area contributed by atoms with Gasteiger partial charge in [-0.25, -0.2) is 18.9 Å². The maximum Gasteiger partial charge on any atom is 0.417 e. The molecule has 1 aromatic rings. The molecule has 0 spiro atoms. The van der Waals surface area contributed by atoms with E-state index < -0.39 is 46.7 Å². The zero-order chi connectivity index (χ0) is 26.6. The van der Waals surface area contributed by atoms with Crippen molar-refractivity contribution in [3.63, 3.8) is 0 Å². The minimum absolute atomic E-state index is 0.106. The number of methoxy groups -OCH3 is 1. The fourth-order valence-electron chi connectivity index (χ4n) is 4.13. The van der Waals surface area contributed by atoms with Crippen LogP contribution in [0.4, 0.5) is 14.0 Å². The fourth-order valence-corrected chi connectivity index (χ4v) is 4.13. The molecule has 0 saturated carbocycles. The Morgan fingerprint density at radius 2 is 1.69 bits per heavy atom. The molecule has 1 N–H and O–H groups in total. The topological polar surface area (TPSA) is 111 Å². The van der Waals surface area contributed by atoms with Gasteiger partial charge in [-0.05, 0) is 57.7 Å². The molecule has 0 bridgehead atoms. The SMILES string of the molecule is CCC(CC)(CC)OC(=O)N[C@H](c1ccc(OC)cc1)[C@@](F)(C(C)=O)C(=O)N1C(=O)OCC1(C)C. The first-order valence-electron chi connectivity index (χ1n) is 11.7. The molecule has 1 aliphatic rings. The number of imide groups is 1. The van der Waals surface area contributed by atoms with E-state index in [-0.39, 0.29) is 12.2 Å². The Kier molecular flexibility index (Phi) is 8.52. The molecule has 0 aliphatic carbocycles. The lowest BCUT2D eigenvalue weighted by Crippen LogP contribution is -2.61. The number of alkyl halides is 1. The summed E-state index contributed by atoms with van der Waals surface area (Å²) in [4.78, 5) is 52.2. The number of ether oxygens (including phenoxy) is 3. The quantitative estimate of drug-likeness (QED) is 0.477. The fraction of sp³-hybridized carbons (Fsp3) is 0.600. The number of carbonyl (C=O) groups is 4. The molecule has 194 valence electrons. The highest BCUT2D eigenvalue weighted by Crippen LogP contribution is 2.38. The second-order valence-corrected chi connectivity index (χ2v) is 9.26. The third-order valence-electron chi connectivity index (χ3n) is 6.71. The maximum absolute atomic E-state index is 16.8. The summed E-state index contributed by atoms with van der Waals surface area (Å²) in [5.74, 6) is -2.17. The lowest BCUT2D eigenvalue weighted by molar-refractivity contribution is -0.153. The Hall–Kier alpha value is -3.17. The van der Waals surface area contributed by atoms with Gasteiger partial charge < -0.3 is 19.5 Å². The second-order valence-electron chi connectivity index (χ2n) is 9.26. The van der Waals surface area contributed by atoms with E-state index in [4.69, 9.17) is 14.2 Å². The number of rotatable bonds is 10. The first-order valence-corrected chi connectivity index (χ1v) is 11.7. The molecule has 0 radical (unpaired) electrons. The van der Waals surface area contributed by atoms with Crippen molar-refractivity contribution in [1.82, 2.24) is 10.2 Å². The van der Waals surface area contributed by atoms with Gasteiger partial charge in [-0.3, -0.25) is 9.59 Å². The number of amides is 3. The van der Waals surface area contributed by atoms with E-state index in [2.05, 4.69) is 5.32 Å². The van der Waals surface area contributed by atoms with Gasteiger partial charge in [-0.2, -0.15) is 0 Å². The van der Waals surface area contributed by atoms with Gasteiger partial charge in [-0.1, -0.05) is 32.9 Å². The summed E-state index contributed by atoms with van der Waals surface area (Å²) in [6.45, 7) is 9.34. The van der Waals surface area contributed by atoms with Crippen molar-refractivity contribution in [2.75, 3.05) is 13.7 Å². The standard InChI is InChI=1S/C25H35FN2O7/c1-8-24(9-2,10-3)35-21(31)27-19(17-11-13-18(33-7)14-12-17)25(26,16(4)29)20(30)28-22(32)34-15-23(28,5)6/h11-14,19H,8-10,15H2,1-7H3,(H,27,31)/t19-,25+/m1/s1. The monoisotopic (exact) mass is 494 g/mol. The van der Waals surface area contributed by atoms with Gasteiger partial charge in [-0.15, -0.1) is 0 Å². The van der Waals surface area contributed by atoms with Crippen molar-refractivity contribution in [3.05, 3.63) is 29.8 Å². The van der Waals surface area contributed by atoms with Crippen molar-refractivity contribution >= 4 is 23.9 Å². The van der Waals surface area contributed by atoms with Crippen LogP contribution in [0, 0.1) is 0 Å². The Morgan fingerprint density at radius 3 is 2.09 bits per heavy atom. The third-order valence-corrected chi connectivity index (χ3v) is 6.71. The normalized spacial score (nSPS) is 17.7. The number of nitrogens with zero attached hydrogens (tertiary/aromatic N) is 1. The molecular weight excluding hydrogens is 459 g/mol. The summed E-state index contributed by atoms with van der Waals surface area (Å²) < 4.78 is 32.5. The van der Waals surface area contributed by atoms with Crippen LogP contribution in [0.15, 0.2) is 24.3 Å². The van der Waals surface area contributed by atoms with Crippen LogP contribution in [0.3, 0.4) is 0 Å². The lowest BCUT2D eigenvalue weighted by atomic mass is 9.84. The number of ketones is 1. The summed E-state index contributed by atoms with van der Waals surface area (Å²) >= 11 is 0. The maximum atomic E-state index is 16.8. The number of halogens is 1. The number of nitrogens with one attached hydrogen (secondary N) is 1. The van der Waals surface area contributed by atoms with Gasteiger partial charge in [0.15, 0.2) is 5.78 Å². The highest BCUT2D eigenvalue weighted by molar-refractivity contribution is 6.14. The molecule has 0 unspecified atom stereocenters. The average Bonchev–Trinajstić information content (AvgIpc) is 3.11. The highest BCUT2D eigenvalue weighted by atomic mass is 19.1. The first kappa shape index (κ1) is 28.1. The minimum Gasteiger partial charge on any atom is -0.497 e. The number of Topliss-reactive ketones (excluding diaryl/α,β-unsaturated/α-hetero) is 1. The summed E-state index contributed by atoms with van der Waals surface area (Å²) in [7, 11) is 1.45. The first-order chi connectivity index (χ1) is 16.3. The van der Waals surface area contributed by atoms with Crippen molar-refractivity contribution in [2.24, 2.45) is 0 Å². The molecule has 9 nitrogen and oxygen atoms in total. The van der Waals surface area contributed by atoms with E-state index in [1.807, 2.05) is 20.8 Å². The van der Waals surface area contributed by atoms with Gasteiger partial charge >= 0.3 is 12.2 Å². The third kappa shape index (κ3) is 5.41. The van der Waals surface area contributed by atoms with Gasteiger partial charge in [0.25, 0.3) is 11.6 Å². The van der Waals surface area contributed by atoms with Gasteiger partial charge in [0.1, 0.15) is 24.0 Å². The zero-order valence-corrected chi connectivity index (χ0v) is 21.4. The lowest BCUT2D eigenvalue weighted by Gasteiger charge is -2.37. The molecule has 1 heterocycles. The predicted octanol–water partition coefficient (Wildman–Crippen LogP) is 4.49. The van der Waals surface area contributed by atoms with Crippen LogP contribution in [0.5, 0.6) is 5.75 Å². The van der Waals surface area contributed by atoms with E-state index in [0.29, 0.717) is 29.9 Å². The molecule has 2 atom stereocenters. The van der Waals surface area contributed by atoms with E-state index in [9.17, 15) is 19.2 Å². The van der Waals surface area contributed by atoms with Crippen molar-refractivity contribution in [1.29, 1.82) is 0 Å². The van der Waals surface area contributed by atoms with Crippen LogP contribution in [-0.4, -0.2) is 59.3 Å². The van der Waals surface area contributed by atoms with E-state index in [0.717, 1.165) is 6.92 Å². The van der Waals surface area contributed by atoms with Gasteiger partial charge in [0.05, 0.1) is 12.6 Å². The summed E-state index contributed by atoms with van der Waals surface area (Å²) in [6.07, 6.45) is -0.514. The summed E-state index contributed by atoms with van der Waals surface area (Å²) in [5.41, 5.74) is -5.22. The number of hydrogen-bond donors (Lipinski definition) is 1. The number of carbonyl (C=O) groups excluding carboxylic acids is 4. The Balaban J connectivity index is 2.59. The molecule has 3 amide bonds. The zero-order valence-electron chi connectivity index (χ0n) is 21.4. The molecule has 0 aromatic heterocycles. The van der Waals surface area contributed by atoms with Crippen molar-refractivity contribution in [3.8, 4) is 5.75 Å². The molecule has 1 fully saturated rings. The van der Waals surface area contributed by atoms with Crippen LogP contribution in [0.2, 0.25) is 0 Å². The van der Waals surface area contributed by atoms with Crippen molar-refractivity contribution < 1.29 is 37.8 Å². The summed E-state index contributed by atoms with van der Waals surface area (Å²) in [5, 5.41) is 2.40. The Labute approximate surface area is 205 Å². The number of benzene rings is 1. The Bertz CT molecular complexity index is 951. The molecule has 2 rings (SSSR count). The molecule has 10 heteroatoms.